The Morgan fingerprint density at radius 3 is 2.54 bits per heavy atom. The molecule has 2 aromatic carbocycles. The number of aromatic nitrogens is 2. The lowest BCUT2D eigenvalue weighted by atomic mass is 9.95. The summed E-state index contributed by atoms with van der Waals surface area (Å²) in [6.45, 7) is 12.7. The van der Waals surface area contributed by atoms with Crippen LogP contribution in [-0.4, -0.2) is 22.1 Å². The zero-order chi connectivity index (χ0) is 20.3. The molecule has 5 heteroatoms. The maximum absolute atomic E-state index is 12.4. The first kappa shape index (κ1) is 19.7. The Bertz CT molecular complexity index is 998. The number of imidazole rings is 1. The number of ether oxygens (including phenoxy) is 2. The maximum atomic E-state index is 12.4. The van der Waals surface area contributed by atoms with Crippen molar-refractivity contribution in [1.82, 2.24) is 9.55 Å². The second-order valence-corrected chi connectivity index (χ2v) is 7.60. The second-order valence-electron chi connectivity index (χ2n) is 7.60. The first-order chi connectivity index (χ1) is 13.3. The fraction of sp³-hybridized carbons (Fsp3) is 0.304. The zero-order valence-electron chi connectivity index (χ0n) is 16.9. The van der Waals surface area contributed by atoms with E-state index in [1.54, 1.807) is 13.0 Å². The van der Waals surface area contributed by atoms with Crippen LogP contribution in [0, 0.1) is 0 Å². The number of esters is 1. The Labute approximate surface area is 165 Å². The highest BCUT2D eigenvalue weighted by atomic mass is 16.5. The van der Waals surface area contributed by atoms with Crippen molar-refractivity contribution in [1.29, 1.82) is 0 Å². The van der Waals surface area contributed by atoms with E-state index in [4.69, 9.17) is 14.5 Å². The minimum absolute atomic E-state index is 0.191. The highest BCUT2D eigenvalue weighted by Crippen LogP contribution is 2.33. The SMILES string of the molecule is C=COc1cc(C(=O)OCC)cc2c1nc(C(C)(C)C)n2Cc1ccccc1. The summed E-state index contributed by atoms with van der Waals surface area (Å²) in [5.41, 5.74) is 2.93. The molecule has 3 aromatic rings. The van der Waals surface area contributed by atoms with Gasteiger partial charge in [-0.05, 0) is 24.6 Å². The van der Waals surface area contributed by atoms with Crippen molar-refractivity contribution >= 4 is 17.0 Å². The molecule has 0 saturated carbocycles. The number of carbonyl (C=O) groups is 1. The second kappa shape index (κ2) is 7.89. The average Bonchev–Trinajstić information content (AvgIpc) is 3.02. The van der Waals surface area contributed by atoms with Gasteiger partial charge < -0.3 is 14.0 Å². The lowest BCUT2D eigenvalue weighted by molar-refractivity contribution is 0.0526. The summed E-state index contributed by atoms with van der Waals surface area (Å²) in [7, 11) is 0. The van der Waals surface area contributed by atoms with E-state index in [1.165, 1.54) is 6.26 Å². The van der Waals surface area contributed by atoms with Gasteiger partial charge in [0.25, 0.3) is 0 Å². The third kappa shape index (κ3) is 3.93. The van der Waals surface area contributed by atoms with Crippen molar-refractivity contribution in [2.75, 3.05) is 6.61 Å². The van der Waals surface area contributed by atoms with Gasteiger partial charge in [0.15, 0.2) is 5.75 Å². The first-order valence-electron chi connectivity index (χ1n) is 9.38. The molecule has 3 rings (SSSR count). The Hall–Kier alpha value is -3.08. The van der Waals surface area contributed by atoms with Gasteiger partial charge in [-0.15, -0.1) is 0 Å². The molecule has 146 valence electrons. The Morgan fingerprint density at radius 2 is 1.93 bits per heavy atom. The summed E-state index contributed by atoms with van der Waals surface area (Å²) in [4.78, 5) is 17.3. The van der Waals surface area contributed by atoms with E-state index < -0.39 is 0 Å². The third-order valence-corrected chi connectivity index (χ3v) is 4.39. The first-order valence-corrected chi connectivity index (χ1v) is 9.38. The lowest BCUT2D eigenvalue weighted by Gasteiger charge is -2.20. The molecule has 0 aliphatic carbocycles. The average molecular weight is 378 g/mol. The summed E-state index contributed by atoms with van der Waals surface area (Å²) < 4.78 is 12.9. The molecule has 5 nitrogen and oxygen atoms in total. The minimum atomic E-state index is -0.386. The Kier molecular flexibility index (Phi) is 5.54. The highest BCUT2D eigenvalue weighted by Gasteiger charge is 2.26. The standard InChI is InChI=1S/C23H26N2O3/c1-6-27-19-14-17(21(26)28-7-2)13-18-20(19)24-22(23(3,4)5)25(18)15-16-11-9-8-10-12-16/h6,8-14H,1,7,15H2,2-5H3. The lowest BCUT2D eigenvalue weighted by Crippen LogP contribution is -2.19. The van der Waals surface area contributed by atoms with Crippen molar-refractivity contribution in [2.45, 2.75) is 39.7 Å². The van der Waals surface area contributed by atoms with Crippen molar-refractivity contribution in [3.63, 3.8) is 0 Å². The molecular formula is C23H26N2O3. The van der Waals surface area contributed by atoms with Gasteiger partial charge in [0.05, 0.1) is 23.9 Å². The molecule has 0 N–H and O–H groups in total. The molecule has 0 fully saturated rings. The monoisotopic (exact) mass is 378 g/mol. The van der Waals surface area contributed by atoms with Crippen LogP contribution in [0.3, 0.4) is 0 Å². The van der Waals surface area contributed by atoms with Gasteiger partial charge in [-0.25, -0.2) is 9.78 Å². The van der Waals surface area contributed by atoms with Gasteiger partial charge in [-0.3, -0.25) is 0 Å². The summed E-state index contributed by atoms with van der Waals surface area (Å²) >= 11 is 0. The van der Waals surface area contributed by atoms with E-state index >= 15 is 0 Å². The van der Waals surface area contributed by atoms with Gasteiger partial charge in [-0.2, -0.15) is 0 Å². The van der Waals surface area contributed by atoms with Gasteiger partial charge in [0.2, 0.25) is 0 Å². The topological polar surface area (TPSA) is 53.4 Å². The molecule has 1 aromatic heterocycles. The third-order valence-electron chi connectivity index (χ3n) is 4.39. The largest absolute Gasteiger partial charge is 0.463 e. The predicted octanol–water partition coefficient (Wildman–Crippen LogP) is 5.08. The number of nitrogens with zero attached hydrogens (tertiary/aromatic N) is 2. The number of fused-ring (bicyclic) bond motifs is 1. The molecule has 0 unspecified atom stereocenters. The van der Waals surface area contributed by atoms with Crippen LogP contribution in [0.4, 0.5) is 0 Å². The molecule has 0 saturated heterocycles. The zero-order valence-corrected chi connectivity index (χ0v) is 16.9. The summed E-state index contributed by atoms with van der Waals surface area (Å²) in [6.07, 6.45) is 1.34. The molecule has 0 amide bonds. The number of hydrogen-bond donors (Lipinski definition) is 0. The van der Waals surface area contributed by atoms with E-state index in [-0.39, 0.29) is 11.4 Å². The van der Waals surface area contributed by atoms with E-state index in [9.17, 15) is 4.79 Å². The van der Waals surface area contributed by atoms with Crippen LogP contribution in [0.2, 0.25) is 0 Å². The fourth-order valence-corrected chi connectivity index (χ4v) is 3.20. The number of hydrogen-bond acceptors (Lipinski definition) is 4. The molecule has 0 bridgehead atoms. The molecule has 0 aliphatic heterocycles. The van der Waals surface area contributed by atoms with Crippen molar-refractivity contribution in [3.8, 4) is 5.75 Å². The van der Waals surface area contributed by atoms with Crippen molar-refractivity contribution < 1.29 is 14.3 Å². The van der Waals surface area contributed by atoms with Crippen LogP contribution in [0.15, 0.2) is 55.3 Å². The minimum Gasteiger partial charge on any atom is -0.463 e. The van der Waals surface area contributed by atoms with E-state index in [0.717, 1.165) is 16.9 Å². The fourth-order valence-electron chi connectivity index (χ4n) is 3.20. The number of benzene rings is 2. The van der Waals surface area contributed by atoms with Crippen LogP contribution in [0.5, 0.6) is 5.75 Å². The van der Waals surface area contributed by atoms with Crippen molar-refractivity contribution in [2.24, 2.45) is 0 Å². The smallest absolute Gasteiger partial charge is 0.338 e. The van der Waals surface area contributed by atoms with Crippen molar-refractivity contribution in [3.05, 3.63) is 72.3 Å². The molecule has 1 heterocycles. The molecule has 0 atom stereocenters. The Morgan fingerprint density at radius 1 is 1.21 bits per heavy atom. The van der Waals surface area contributed by atoms with E-state index in [2.05, 4.69) is 44.0 Å². The van der Waals surface area contributed by atoms with Crippen LogP contribution >= 0.6 is 0 Å². The van der Waals surface area contributed by atoms with Crippen LogP contribution < -0.4 is 4.74 Å². The van der Waals surface area contributed by atoms with Crippen LogP contribution in [0.1, 0.15) is 49.4 Å². The summed E-state index contributed by atoms with van der Waals surface area (Å²) in [6, 6.07) is 13.7. The quantitative estimate of drug-likeness (QED) is 0.443. The van der Waals surface area contributed by atoms with Gasteiger partial charge in [0.1, 0.15) is 11.3 Å². The maximum Gasteiger partial charge on any atom is 0.338 e. The van der Waals surface area contributed by atoms with Gasteiger partial charge in [-0.1, -0.05) is 57.7 Å². The number of carbonyl (C=O) groups excluding carboxylic acids is 1. The molecular weight excluding hydrogens is 352 g/mol. The molecule has 0 aliphatic rings. The van der Waals surface area contributed by atoms with Crippen LogP contribution in [0.25, 0.3) is 11.0 Å². The van der Waals surface area contributed by atoms with Gasteiger partial charge >= 0.3 is 5.97 Å². The predicted molar refractivity (Wildman–Crippen MR) is 111 cm³/mol. The summed E-state index contributed by atoms with van der Waals surface area (Å²) in [5.74, 6) is 1.03. The Balaban J connectivity index is 2.27. The number of rotatable bonds is 6. The van der Waals surface area contributed by atoms with E-state index in [1.807, 2.05) is 24.3 Å². The molecule has 28 heavy (non-hydrogen) atoms. The van der Waals surface area contributed by atoms with E-state index in [0.29, 0.717) is 30.0 Å². The molecule has 0 radical (unpaired) electrons. The van der Waals surface area contributed by atoms with Gasteiger partial charge in [0, 0.05) is 12.0 Å². The summed E-state index contributed by atoms with van der Waals surface area (Å²) in [5, 5.41) is 0. The normalized spacial score (nSPS) is 11.4. The molecule has 0 spiro atoms. The van der Waals surface area contributed by atoms with Crippen LogP contribution in [-0.2, 0) is 16.7 Å². The highest BCUT2D eigenvalue weighted by molar-refractivity contribution is 5.96.